The Bertz CT molecular complexity index is 721. The van der Waals surface area contributed by atoms with E-state index in [9.17, 15) is 10.2 Å². The summed E-state index contributed by atoms with van der Waals surface area (Å²) in [5.41, 5.74) is 2.09. The fourth-order valence-corrected chi connectivity index (χ4v) is 3.50. The van der Waals surface area contributed by atoms with Crippen LogP contribution in [0.4, 0.5) is 0 Å². The number of aliphatic hydroxyl groups is 2. The van der Waals surface area contributed by atoms with E-state index in [1.54, 1.807) is 0 Å². The first kappa shape index (κ1) is 21.7. The summed E-state index contributed by atoms with van der Waals surface area (Å²) in [5, 5.41) is 21.1. The van der Waals surface area contributed by atoms with Gasteiger partial charge in [-0.15, -0.1) is 6.58 Å². The summed E-state index contributed by atoms with van der Waals surface area (Å²) >= 11 is 0. The second-order valence-corrected chi connectivity index (χ2v) is 7.35. The summed E-state index contributed by atoms with van der Waals surface area (Å²) in [7, 11) is 0. The Labute approximate surface area is 172 Å². The van der Waals surface area contributed by atoms with E-state index in [1.165, 1.54) is 6.08 Å². The van der Waals surface area contributed by atoms with E-state index in [-0.39, 0.29) is 6.10 Å². The molecule has 0 aromatic heterocycles. The van der Waals surface area contributed by atoms with Gasteiger partial charge in [0.2, 0.25) is 0 Å². The van der Waals surface area contributed by atoms with E-state index in [0.29, 0.717) is 26.2 Å². The molecular formula is C24H30O5. The first-order valence-corrected chi connectivity index (χ1v) is 10.1. The van der Waals surface area contributed by atoms with E-state index in [2.05, 4.69) is 6.58 Å². The van der Waals surface area contributed by atoms with Crippen LogP contribution in [-0.2, 0) is 27.4 Å². The lowest BCUT2D eigenvalue weighted by molar-refractivity contribution is -0.144. The Balaban J connectivity index is 1.48. The molecule has 29 heavy (non-hydrogen) atoms. The maximum absolute atomic E-state index is 10.8. The van der Waals surface area contributed by atoms with Crippen molar-refractivity contribution in [2.75, 3.05) is 6.61 Å². The van der Waals surface area contributed by atoms with E-state index < -0.39 is 24.4 Å². The van der Waals surface area contributed by atoms with E-state index in [4.69, 9.17) is 14.2 Å². The second-order valence-electron chi connectivity index (χ2n) is 7.35. The van der Waals surface area contributed by atoms with Gasteiger partial charge in [0.15, 0.2) is 0 Å². The number of hydrogen-bond donors (Lipinski definition) is 2. The van der Waals surface area contributed by atoms with Crippen LogP contribution in [0.25, 0.3) is 0 Å². The van der Waals surface area contributed by atoms with Crippen molar-refractivity contribution < 1.29 is 24.4 Å². The Hall–Kier alpha value is -2.02. The van der Waals surface area contributed by atoms with Crippen molar-refractivity contribution in [1.29, 1.82) is 0 Å². The minimum Gasteiger partial charge on any atom is -0.388 e. The second kappa shape index (κ2) is 11.2. The van der Waals surface area contributed by atoms with Gasteiger partial charge >= 0.3 is 0 Å². The van der Waals surface area contributed by atoms with Crippen LogP contribution in [0.1, 0.15) is 24.0 Å². The molecule has 0 bridgehead atoms. The number of benzene rings is 2. The van der Waals surface area contributed by atoms with Gasteiger partial charge in [0, 0.05) is 0 Å². The molecular weight excluding hydrogens is 368 g/mol. The highest BCUT2D eigenvalue weighted by molar-refractivity contribution is 5.14. The third kappa shape index (κ3) is 6.49. The minimum atomic E-state index is -0.981. The largest absolute Gasteiger partial charge is 0.388 e. The Kier molecular flexibility index (Phi) is 8.40. The van der Waals surface area contributed by atoms with Crippen LogP contribution in [0.3, 0.4) is 0 Å². The number of rotatable bonds is 11. The molecule has 1 aliphatic rings. The third-order valence-corrected chi connectivity index (χ3v) is 5.14. The number of aliphatic hydroxyl groups excluding tert-OH is 2. The predicted molar refractivity (Wildman–Crippen MR) is 111 cm³/mol. The normalized spacial score (nSPS) is 22.1. The van der Waals surface area contributed by atoms with E-state index in [0.717, 1.165) is 17.5 Å². The SMILES string of the molecule is C=C[C@H](O)[C@@H](OCc1ccccc1)[C@H](O)[C@@H]1CC[C@@H](COCc2ccccc2)O1. The number of ether oxygens (including phenoxy) is 3. The molecule has 1 heterocycles. The Morgan fingerprint density at radius 1 is 0.966 bits per heavy atom. The average Bonchev–Trinajstić information content (AvgIpc) is 3.24. The molecule has 5 nitrogen and oxygen atoms in total. The van der Waals surface area contributed by atoms with Crippen molar-refractivity contribution in [3.05, 3.63) is 84.4 Å². The molecule has 5 heteroatoms. The molecule has 0 amide bonds. The van der Waals surface area contributed by atoms with Gasteiger partial charge in [-0.1, -0.05) is 66.7 Å². The maximum atomic E-state index is 10.8. The first-order chi connectivity index (χ1) is 14.2. The van der Waals surface area contributed by atoms with Gasteiger partial charge in [-0.25, -0.2) is 0 Å². The summed E-state index contributed by atoms with van der Waals surface area (Å²) in [6.07, 6.45) is -0.348. The van der Waals surface area contributed by atoms with E-state index in [1.807, 2.05) is 60.7 Å². The van der Waals surface area contributed by atoms with Crippen LogP contribution in [-0.4, -0.2) is 47.3 Å². The highest BCUT2D eigenvalue weighted by Crippen LogP contribution is 2.26. The average molecular weight is 398 g/mol. The molecule has 2 N–H and O–H groups in total. The molecule has 1 saturated heterocycles. The minimum absolute atomic E-state index is 0.0750. The summed E-state index contributed by atoms with van der Waals surface area (Å²) in [6, 6.07) is 19.6. The van der Waals surface area contributed by atoms with Gasteiger partial charge in [-0.3, -0.25) is 0 Å². The van der Waals surface area contributed by atoms with E-state index >= 15 is 0 Å². The molecule has 2 aromatic carbocycles. The highest BCUT2D eigenvalue weighted by Gasteiger charge is 2.38. The monoisotopic (exact) mass is 398 g/mol. The van der Waals surface area contributed by atoms with Gasteiger partial charge in [0.05, 0.1) is 32.0 Å². The van der Waals surface area contributed by atoms with Gasteiger partial charge in [0.25, 0.3) is 0 Å². The predicted octanol–water partition coefficient (Wildman–Crippen LogP) is 3.24. The summed E-state index contributed by atoms with van der Waals surface area (Å²) in [4.78, 5) is 0. The maximum Gasteiger partial charge on any atom is 0.116 e. The lowest BCUT2D eigenvalue weighted by atomic mass is 10.0. The van der Waals surface area contributed by atoms with Crippen molar-refractivity contribution in [1.82, 2.24) is 0 Å². The van der Waals surface area contributed by atoms with Gasteiger partial charge < -0.3 is 24.4 Å². The molecule has 0 radical (unpaired) electrons. The van der Waals surface area contributed by atoms with Crippen molar-refractivity contribution in [2.24, 2.45) is 0 Å². The molecule has 0 aliphatic carbocycles. The van der Waals surface area contributed by atoms with Crippen LogP contribution in [0.15, 0.2) is 73.3 Å². The summed E-state index contributed by atoms with van der Waals surface area (Å²) in [6.45, 7) is 4.93. The molecule has 0 saturated carbocycles. The van der Waals surface area contributed by atoms with Gasteiger partial charge in [0.1, 0.15) is 18.3 Å². The topological polar surface area (TPSA) is 68.2 Å². The van der Waals surface area contributed by atoms with Crippen LogP contribution in [0.2, 0.25) is 0 Å². The molecule has 0 spiro atoms. The van der Waals surface area contributed by atoms with Crippen molar-refractivity contribution in [3.8, 4) is 0 Å². The quantitative estimate of drug-likeness (QED) is 0.569. The molecule has 5 atom stereocenters. The summed E-state index contributed by atoms with van der Waals surface area (Å²) < 4.78 is 17.6. The van der Waals surface area contributed by atoms with Gasteiger partial charge in [-0.2, -0.15) is 0 Å². The molecule has 156 valence electrons. The fraction of sp³-hybridized carbons (Fsp3) is 0.417. The zero-order valence-corrected chi connectivity index (χ0v) is 16.6. The van der Waals surface area contributed by atoms with Crippen molar-refractivity contribution in [3.63, 3.8) is 0 Å². The zero-order chi connectivity index (χ0) is 20.5. The number of hydrogen-bond acceptors (Lipinski definition) is 5. The zero-order valence-electron chi connectivity index (χ0n) is 16.6. The molecule has 0 unspecified atom stereocenters. The van der Waals surface area contributed by atoms with Crippen LogP contribution in [0.5, 0.6) is 0 Å². The van der Waals surface area contributed by atoms with Crippen LogP contribution in [0, 0.1) is 0 Å². The molecule has 2 aromatic rings. The Morgan fingerprint density at radius 2 is 1.59 bits per heavy atom. The van der Waals surface area contributed by atoms with Gasteiger partial charge in [-0.05, 0) is 24.0 Å². The molecule has 1 aliphatic heterocycles. The van der Waals surface area contributed by atoms with Crippen molar-refractivity contribution >= 4 is 0 Å². The lowest BCUT2D eigenvalue weighted by Gasteiger charge is -2.30. The standard InChI is InChI=1S/C24H30O5/c1-2-21(25)24(28-16-19-11-7-4-8-12-19)23(26)22-14-13-20(29-22)17-27-15-18-9-5-3-6-10-18/h2-12,20-26H,1,13-17H2/t20-,21-,22-,23+,24+/m0/s1. The highest BCUT2D eigenvalue weighted by atomic mass is 16.6. The molecule has 3 rings (SSSR count). The fourth-order valence-electron chi connectivity index (χ4n) is 3.50. The first-order valence-electron chi connectivity index (χ1n) is 10.1. The summed E-state index contributed by atoms with van der Waals surface area (Å²) in [5.74, 6) is 0. The lowest BCUT2D eigenvalue weighted by Crippen LogP contribution is -2.45. The van der Waals surface area contributed by atoms with Crippen LogP contribution < -0.4 is 0 Å². The smallest absolute Gasteiger partial charge is 0.116 e. The van der Waals surface area contributed by atoms with Crippen molar-refractivity contribution in [2.45, 2.75) is 56.6 Å². The third-order valence-electron chi connectivity index (χ3n) is 5.14. The molecule has 1 fully saturated rings. The van der Waals surface area contributed by atoms with Crippen LogP contribution >= 0.6 is 0 Å². The Morgan fingerprint density at radius 3 is 2.21 bits per heavy atom.